The van der Waals surface area contributed by atoms with E-state index in [4.69, 9.17) is 4.74 Å². The van der Waals surface area contributed by atoms with E-state index in [2.05, 4.69) is 46.9 Å². The number of nitrogens with zero attached hydrogens (tertiary/aromatic N) is 3. The Morgan fingerprint density at radius 1 is 1.11 bits per heavy atom. The zero-order chi connectivity index (χ0) is 19.8. The van der Waals surface area contributed by atoms with Gasteiger partial charge in [-0.2, -0.15) is 0 Å². The molecule has 28 heavy (non-hydrogen) atoms. The van der Waals surface area contributed by atoms with Gasteiger partial charge in [0.1, 0.15) is 18.5 Å². The Hall–Kier alpha value is -1.14. The summed E-state index contributed by atoms with van der Waals surface area (Å²) in [5.74, 6) is 0.865. The minimum atomic E-state index is -0.447. The Morgan fingerprint density at radius 2 is 1.82 bits per heavy atom. The topological polar surface area (TPSA) is 39.2 Å². The van der Waals surface area contributed by atoms with Crippen LogP contribution in [0.25, 0.3) is 0 Å². The first-order valence-electron chi connectivity index (χ1n) is 11.2. The summed E-state index contributed by atoms with van der Waals surface area (Å²) in [6.45, 7) is 9.98. The third-order valence-electron chi connectivity index (χ3n) is 6.36. The van der Waals surface area contributed by atoms with Crippen molar-refractivity contribution in [1.29, 1.82) is 0 Å². The van der Waals surface area contributed by atoms with E-state index in [1.807, 2.05) is 6.07 Å². The minimum Gasteiger partial charge on any atom is -0.491 e. The van der Waals surface area contributed by atoms with E-state index in [0.29, 0.717) is 19.2 Å². The molecule has 0 amide bonds. The molecule has 1 aromatic carbocycles. The maximum absolute atomic E-state index is 10.4. The van der Waals surface area contributed by atoms with Crippen LogP contribution in [-0.2, 0) is 6.54 Å². The molecule has 0 bridgehead atoms. The molecule has 158 valence electrons. The lowest BCUT2D eigenvalue weighted by molar-refractivity contribution is 0.0561. The average molecular weight is 390 g/mol. The number of piperazine rings is 1. The molecule has 2 aliphatic rings. The highest BCUT2D eigenvalue weighted by molar-refractivity contribution is 5.28. The standard InChI is InChI=1S/C23H39N3O2/c1-3-25-12-14-26(15-13-25)17-20-8-7-11-23(16-20)28-19-22(27)18-24(2)21-9-5-4-6-10-21/h7-8,11,16,21-22,27H,3-6,9-10,12-15,17-19H2,1-2H3. The second-order valence-electron chi connectivity index (χ2n) is 8.55. The molecular weight excluding hydrogens is 350 g/mol. The Morgan fingerprint density at radius 3 is 2.54 bits per heavy atom. The van der Waals surface area contributed by atoms with Crippen molar-refractivity contribution in [3.63, 3.8) is 0 Å². The Labute approximate surface area is 171 Å². The van der Waals surface area contributed by atoms with Gasteiger partial charge in [-0.25, -0.2) is 0 Å². The number of hydrogen-bond donors (Lipinski definition) is 1. The lowest BCUT2D eigenvalue weighted by atomic mass is 9.94. The predicted molar refractivity (Wildman–Crippen MR) is 115 cm³/mol. The van der Waals surface area contributed by atoms with Crippen molar-refractivity contribution in [1.82, 2.24) is 14.7 Å². The summed E-state index contributed by atoms with van der Waals surface area (Å²) in [7, 11) is 2.14. The molecule has 5 heteroatoms. The molecule has 0 aromatic heterocycles. The van der Waals surface area contributed by atoms with Crippen molar-refractivity contribution in [2.45, 2.75) is 57.7 Å². The van der Waals surface area contributed by atoms with E-state index in [0.717, 1.165) is 45.0 Å². The normalized spacial score (nSPS) is 21.1. The molecule has 2 fully saturated rings. The van der Waals surface area contributed by atoms with E-state index < -0.39 is 6.10 Å². The van der Waals surface area contributed by atoms with Crippen molar-refractivity contribution >= 4 is 0 Å². The second-order valence-corrected chi connectivity index (χ2v) is 8.55. The molecule has 1 unspecified atom stereocenters. The van der Waals surface area contributed by atoms with Crippen molar-refractivity contribution in [2.24, 2.45) is 0 Å². The fourth-order valence-corrected chi connectivity index (χ4v) is 4.50. The molecule has 1 saturated heterocycles. The summed E-state index contributed by atoms with van der Waals surface area (Å²) in [5, 5.41) is 10.4. The molecule has 1 atom stereocenters. The van der Waals surface area contributed by atoms with Crippen LogP contribution in [0.2, 0.25) is 0 Å². The van der Waals surface area contributed by atoms with E-state index in [9.17, 15) is 5.11 Å². The predicted octanol–water partition coefficient (Wildman–Crippen LogP) is 2.83. The number of aliphatic hydroxyl groups is 1. The van der Waals surface area contributed by atoms with Crippen LogP contribution in [0.3, 0.4) is 0 Å². The summed E-state index contributed by atoms with van der Waals surface area (Å²) in [6.07, 6.45) is 6.08. The first-order chi connectivity index (χ1) is 13.6. The SMILES string of the molecule is CCN1CCN(Cc2cccc(OCC(O)CN(C)C3CCCCC3)c2)CC1. The number of likely N-dealkylation sites (N-methyl/N-ethyl adjacent to an activating group) is 2. The number of ether oxygens (including phenoxy) is 1. The first kappa shape index (κ1) is 21.6. The van der Waals surface area contributed by atoms with Gasteiger partial charge in [0.05, 0.1) is 0 Å². The summed E-state index contributed by atoms with van der Waals surface area (Å²) >= 11 is 0. The quantitative estimate of drug-likeness (QED) is 0.703. The molecule has 1 aromatic rings. The molecule has 1 aliphatic carbocycles. The van der Waals surface area contributed by atoms with E-state index in [1.165, 1.54) is 37.7 Å². The highest BCUT2D eigenvalue weighted by Crippen LogP contribution is 2.22. The van der Waals surface area contributed by atoms with Crippen LogP contribution in [0, 0.1) is 0 Å². The maximum Gasteiger partial charge on any atom is 0.119 e. The summed E-state index contributed by atoms with van der Waals surface area (Å²) in [5.41, 5.74) is 1.29. The van der Waals surface area contributed by atoms with Crippen LogP contribution in [-0.4, -0.2) is 84.9 Å². The second kappa shape index (κ2) is 11.1. The van der Waals surface area contributed by atoms with Crippen molar-refractivity contribution in [2.75, 3.05) is 52.9 Å². The van der Waals surface area contributed by atoms with Gasteiger partial charge in [-0.3, -0.25) is 4.90 Å². The van der Waals surface area contributed by atoms with Gasteiger partial charge in [0.25, 0.3) is 0 Å². The Bertz CT molecular complexity index is 569. The number of rotatable bonds is 9. The molecular formula is C23H39N3O2. The van der Waals surface area contributed by atoms with Gasteiger partial charge in [0, 0.05) is 45.3 Å². The van der Waals surface area contributed by atoms with Gasteiger partial charge < -0.3 is 19.6 Å². The van der Waals surface area contributed by atoms with E-state index in [-0.39, 0.29) is 0 Å². The smallest absolute Gasteiger partial charge is 0.119 e. The van der Waals surface area contributed by atoms with Crippen LogP contribution in [0.1, 0.15) is 44.6 Å². The number of benzene rings is 1. The highest BCUT2D eigenvalue weighted by Gasteiger charge is 2.20. The van der Waals surface area contributed by atoms with Gasteiger partial charge in [-0.05, 0) is 44.1 Å². The van der Waals surface area contributed by atoms with E-state index in [1.54, 1.807) is 0 Å². The molecule has 0 spiro atoms. The maximum atomic E-state index is 10.4. The third-order valence-corrected chi connectivity index (χ3v) is 6.36. The van der Waals surface area contributed by atoms with Gasteiger partial charge in [-0.15, -0.1) is 0 Å². The zero-order valence-corrected chi connectivity index (χ0v) is 17.9. The molecule has 1 aliphatic heterocycles. The first-order valence-corrected chi connectivity index (χ1v) is 11.2. The van der Waals surface area contributed by atoms with Gasteiger partial charge in [0.15, 0.2) is 0 Å². The number of hydrogen-bond acceptors (Lipinski definition) is 5. The van der Waals surface area contributed by atoms with E-state index >= 15 is 0 Å². The highest BCUT2D eigenvalue weighted by atomic mass is 16.5. The minimum absolute atomic E-state index is 0.357. The summed E-state index contributed by atoms with van der Waals surface area (Å²) < 4.78 is 5.92. The Kier molecular flexibility index (Phi) is 8.59. The van der Waals surface area contributed by atoms with Crippen LogP contribution < -0.4 is 4.74 Å². The van der Waals surface area contributed by atoms with Crippen molar-refractivity contribution in [3.05, 3.63) is 29.8 Å². The third kappa shape index (κ3) is 6.73. The van der Waals surface area contributed by atoms with Gasteiger partial charge in [-0.1, -0.05) is 38.3 Å². The molecule has 1 saturated carbocycles. The lowest BCUT2D eigenvalue weighted by Crippen LogP contribution is -2.45. The summed E-state index contributed by atoms with van der Waals surface area (Å²) in [6, 6.07) is 8.99. The molecule has 1 heterocycles. The van der Waals surface area contributed by atoms with Crippen LogP contribution in [0.4, 0.5) is 0 Å². The van der Waals surface area contributed by atoms with Crippen molar-refractivity contribution < 1.29 is 9.84 Å². The lowest BCUT2D eigenvalue weighted by Gasteiger charge is -2.34. The largest absolute Gasteiger partial charge is 0.491 e. The average Bonchev–Trinajstić information content (AvgIpc) is 2.74. The molecule has 3 rings (SSSR count). The van der Waals surface area contributed by atoms with Gasteiger partial charge in [0.2, 0.25) is 0 Å². The number of aliphatic hydroxyl groups excluding tert-OH is 1. The fourth-order valence-electron chi connectivity index (χ4n) is 4.50. The summed E-state index contributed by atoms with van der Waals surface area (Å²) in [4.78, 5) is 7.33. The monoisotopic (exact) mass is 389 g/mol. The van der Waals surface area contributed by atoms with Crippen LogP contribution >= 0.6 is 0 Å². The fraction of sp³-hybridized carbons (Fsp3) is 0.739. The molecule has 0 radical (unpaired) electrons. The van der Waals surface area contributed by atoms with Crippen LogP contribution in [0.15, 0.2) is 24.3 Å². The zero-order valence-electron chi connectivity index (χ0n) is 17.9. The van der Waals surface area contributed by atoms with Gasteiger partial charge >= 0.3 is 0 Å². The van der Waals surface area contributed by atoms with Crippen LogP contribution in [0.5, 0.6) is 5.75 Å². The molecule has 5 nitrogen and oxygen atoms in total. The Balaban J connectivity index is 1.41. The molecule has 1 N–H and O–H groups in total. The van der Waals surface area contributed by atoms with Crippen molar-refractivity contribution in [3.8, 4) is 5.75 Å².